The lowest BCUT2D eigenvalue weighted by molar-refractivity contribution is -0.157. The second kappa shape index (κ2) is 10.3. The summed E-state index contributed by atoms with van der Waals surface area (Å²) in [5.41, 5.74) is 7.71. The van der Waals surface area contributed by atoms with E-state index in [1.165, 1.54) is 0 Å². The Labute approximate surface area is 206 Å². The summed E-state index contributed by atoms with van der Waals surface area (Å²) < 4.78 is 21.3. The Morgan fingerprint density at radius 3 is 2.57 bits per heavy atom. The summed E-state index contributed by atoms with van der Waals surface area (Å²) in [5, 5.41) is 10.3. The van der Waals surface area contributed by atoms with Crippen molar-refractivity contribution in [3.8, 4) is 0 Å². The molecule has 0 radical (unpaired) electrons. The topological polar surface area (TPSA) is 68.5 Å². The molecule has 1 unspecified atom stereocenters. The van der Waals surface area contributed by atoms with Gasteiger partial charge < -0.3 is 14.4 Å². The third-order valence-corrected chi connectivity index (χ3v) is 7.07. The van der Waals surface area contributed by atoms with Gasteiger partial charge in [-0.3, -0.25) is 4.79 Å². The van der Waals surface area contributed by atoms with Gasteiger partial charge in [-0.25, -0.2) is 9.18 Å². The zero-order valence-electron chi connectivity index (χ0n) is 20.4. The van der Waals surface area contributed by atoms with Gasteiger partial charge in [0.25, 0.3) is 5.56 Å². The van der Waals surface area contributed by atoms with E-state index in [-0.39, 0.29) is 25.4 Å². The number of carbonyl (C=O) groups is 1. The number of carbonyl (C=O) groups excluding carboxylic acids is 1. The number of aliphatic hydroxyl groups excluding tert-OH is 1. The Morgan fingerprint density at radius 1 is 1.17 bits per heavy atom. The highest BCUT2D eigenvalue weighted by molar-refractivity contribution is 5.92. The van der Waals surface area contributed by atoms with E-state index in [2.05, 4.69) is 13.5 Å². The second-order valence-corrected chi connectivity index (χ2v) is 8.90. The number of pyridine rings is 1. The molecule has 0 spiro atoms. The third-order valence-electron chi connectivity index (χ3n) is 7.07. The molecule has 2 aliphatic heterocycles. The first kappa shape index (κ1) is 26.6. The van der Waals surface area contributed by atoms with Crippen LogP contribution in [0.2, 0.25) is 0 Å². The average Bonchev–Trinajstić information content (AvgIpc) is 3.17. The van der Waals surface area contributed by atoms with Gasteiger partial charge in [-0.05, 0) is 83.7 Å². The molecule has 1 aliphatic carbocycles. The molecule has 0 saturated carbocycles. The smallest absolute Gasteiger partial charge is 0.340 e. The first-order valence-electron chi connectivity index (χ1n) is 12.2. The quantitative estimate of drug-likeness (QED) is 0.549. The van der Waals surface area contributed by atoms with Crippen molar-refractivity contribution in [2.75, 3.05) is 0 Å². The molecule has 1 atom stereocenters. The number of hydrogen-bond donors (Lipinski definition) is 1. The van der Waals surface area contributed by atoms with Gasteiger partial charge in [0.1, 0.15) is 12.4 Å². The highest BCUT2D eigenvalue weighted by Gasteiger charge is 2.35. The predicted molar refractivity (Wildman–Crippen MR) is 138 cm³/mol. The lowest BCUT2D eigenvalue weighted by Gasteiger charge is -2.26. The van der Waals surface area contributed by atoms with Crippen molar-refractivity contribution < 1.29 is 19.0 Å². The molecular formula is C29H36FNO4. The molecular weight excluding hydrogens is 445 g/mol. The molecule has 1 N–H and O–H groups in total. The summed E-state index contributed by atoms with van der Waals surface area (Å²) in [6, 6.07) is 3.36. The Balaban J connectivity index is 0.00000111. The first-order chi connectivity index (χ1) is 16.3. The summed E-state index contributed by atoms with van der Waals surface area (Å²) in [5.74, 6) is -0.901. The van der Waals surface area contributed by atoms with Crippen LogP contribution in [0.15, 0.2) is 29.1 Å². The van der Waals surface area contributed by atoms with Crippen LogP contribution in [0, 0.1) is 12.7 Å². The Hall–Kier alpha value is -2.99. The second-order valence-electron chi connectivity index (χ2n) is 8.90. The molecule has 0 saturated heterocycles. The number of cyclic esters (lactones) is 1. The van der Waals surface area contributed by atoms with Crippen molar-refractivity contribution in [1.82, 2.24) is 4.57 Å². The molecule has 3 aliphatic rings. The van der Waals surface area contributed by atoms with Crippen LogP contribution in [-0.4, -0.2) is 15.6 Å². The highest BCUT2D eigenvalue weighted by atomic mass is 19.1. The van der Waals surface area contributed by atoms with Crippen LogP contribution in [0.25, 0.3) is 11.1 Å². The molecule has 6 heteroatoms. The summed E-state index contributed by atoms with van der Waals surface area (Å²) in [6.45, 7) is 12.5. The molecule has 5 rings (SSSR count). The number of esters is 1. The Bertz CT molecular complexity index is 1280. The number of allylic oxidation sites excluding steroid dienone is 3. The highest BCUT2D eigenvalue weighted by Crippen LogP contribution is 2.44. The lowest BCUT2D eigenvalue weighted by atomic mass is 9.78. The summed E-state index contributed by atoms with van der Waals surface area (Å²) in [4.78, 5) is 25.0. The minimum atomic E-state index is -1.46. The van der Waals surface area contributed by atoms with E-state index in [1.807, 2.05) is 20.8 Å². The van der Waals surface area contributed by atoms with Crippen molar-refractivity contribution >= 4 is 17.1 Å². The van der Waals surface area contributed by atoms with Crippen LogP contribution in [0.5, 0.6) is 0 Å². The normalized spacial score (nSPS) is 20.1. The molecule has 3 heterocycles. The number of fused-ring (bicyclic) bond motifs is 3. The van der Waals surface area contributed by atoms with Gasteiger partial charge in [0.15, 0.2) is 6.10 Å². The van der Waals surface area contributed by atoms with Crippen molar-refractivity contribution in [2.24, 2.45) is 0 Å². The number of aromatic nitrogens is 1. The molecule has 35 heavy (non-hydrogen) atoms. The van der Waals surface area contributed by atoms with Crippen LogP contribution >= 0.6 is 0 Å². The maximum atomic E-state index is 14.6. The van der Waals surface area contributed by atoms with Gasteiger partial charge in [-0.15, -0.1) is 0 Å². The summed E-state index contributed by atoms with van der Waals surface area (Å²) in [7, 11) is 0. The van der Waals surface area contributed by atoms with Crippen LogP contribution < -0.4 is 5.56 Å². The number of aliphatic hydroxyl groups is 1. The van der Waals surface area contributed by atoms with E-state index >= 15 is 0 Å². The maximum absolute atomic E-state index is 14.6. The fourth-order valence-electron chi connectivity index (χ4n) is 5.42. The fourth-order valence-corrected chi connectivity index (χ4v) is 5.42. The van der Waals surface area contributed by atoms with E-state index in [0.717, 1.165) is 65.5 Å². The average molecular weight is 482 g/mol. The summed E-state index contributed by atoms with van der Waals surface area (Å²) in [6.07, 6.45) is 2.84. The minimum absolute atomic E-state index is 0. The van der Waals surface area contributed by atoms with Gasteiger partial charge in [0, 0.05) is 5.56 Å². The third kappa shape index (κ3) is 4.18. The zero-order valence-corrected chi connectivity index (χ0v) is 20.4. The van der Waals surface area contributed by atoms with Gasteiger partial charge >= 0.3 is 5.97 Å². The summed E-state index contributed by atoms with van der Waals surface area (Å²) >= 11 is 0. The molecule has 2 aromatic rings. The van der Waals surface area contributed by atoms with Gasteiger partial charge in [0.05, 0.1) is 17.8 Å². The van der Waals surface area contributed by atoms with E-state index in [4.69, 9.17) is 4.74 Å². The predicted octanol–water partition coefficient (Wildman–Crippen LogP) is 5.82. The number of ether oxygens (including phenoxy) is 1. The number of hydrogen-bond acceptors (Lipinski definition) is 4. The standard InChI is InChI=1S/C26H26FNO4.C2H6.CH4/c1-4-6-15-9-21(27)13(2)16-7-5-8-17(23(15)16)19-11-28-22(14(19)3)10-18-20(25(28)30)12-32-26(31)24(18)29;1-2;/h9-10,24,29H,3-8,11-12H2,1-2H3;1-2H3;1H4/b19-17-;;. The molecule has 188 valence electrons. The first-order valence-corrected chi connectivity index (χ1v) is 12.2. The van der Waals surface area contributed by atoms with Crippen LogP contribution in [-0.2, 0) is 35.5 Å². The maximum Gasteiger partial charge on any atom is 0.340 e. The van der Waals surface area contributed by atoms with Crippen molar-refractivity contribution in [3.05, 3.63) is 79.5 Å². The van der Waals surface area contributed by atoms with Gasteiger partial charge in [0.2, 0.25) is 0 Å². The Kier molecular flexibility index (Phi) is 7.85. The number of rotatable bonds is 2. The zero-order chi connectivity index (χ0) is 24.7. The van der Waals surface area contributed by atoms with E-state index < -0.39 is 12.1 Å². The van der Waals surface area contributed by atoms with Crippen molar-refractivity contribution in [2.45, 2.75) is 86.5 Å². The number of benzene rings is 1. The molecule has 1 aromatic heterocycles. The molecule has 0 fully saturated rings. The Morgan fingerprint density at radius 2 is 1.89 bits per heavy atom. The van der Waals surface area contributed by atoms with E-state index in [0.29, 0.717) is 28.9 Å². The monoisotopic (exact) mass is 481 g/mol. The van der Waals surface area contributed by atoms with Crippen LogP contribution in [0.4, 0.5) is 4.39 Å². The van der Waals surface area contributed by atoms with Gasteiger partial charge in [-0.1, -0.05) is 41.2 Å². The van der Waals surface area contributed by atoms with E-state index in [1.54, 1.807) is 16.7 Å². The largest absolute Gasteiger partial charge is 0.458 e. The lowest BCUT2D eigenvalue weighted by Crippen LogP contribution is -2.32. The van der Waals surface area contributed by atoms with Crippen LogP contribution in [0.1, 0.15) is 92.6 Å². The molecule has 5 nitrogen and oxygen atoms in total. The van der Waals surface area contributed by atoms with Crippen LogP contribution in [0.3, 0.4) is 0 Å². The number of halogens is 1. The number of nitrogens with zero attached hydrogens (tertiary/aromatic N) is 1. The van der Waals surface area contributed by atoms with E-state index in [9.17, 15) is 19.1 Å². The fraction of sp³-hybridized carbons (Fsp3) is 0.448. The van der Waals surface area contributed by atoms with Gasteiger partial charge in [-0.2, -0.15) is 0 Å². The number of aryl methyl sites for hydroxylation is 1. The minimum Gasteiger partial charge on any atom is -0.458 e. The molecule has 0 amide bonds. The van der Waals surface area contributed by atoms with Crippen molar-refractivity contribution in [3.63, 3.8) is 0 Å². The van der Waals surface area contributed by atoms with Crippen molar-refractivity contribution in [1.29, 1.82) is 0 Å². The molecule has 0 bridgehead atoms. The molecule has 1 aromatic carbocycles. The SMILES string of the molecule is C.C=C1/C(=C2/CCCc3c(C)c(F)cc(CCC)c32)Cn2c1cc1c(c2=O)COC(=O)C1O.CC.